The molecule has 0 spiro atoms. The summed E-state index contributed by atoms with van der Waals surface area (Å²) in [5.41, 5.74) is 1.86. The van der Waals surface area contributed by atoms with Gasteiger partial charge in [-0.3, -0.25) is 4.79 Å². The van der Waals surface area contributed by atoms with E-state index in [-0.39, 0.29) is 11.8 Å². The van der Waals surface area contributed by atoms with Gasteiger partial charge in [-0.25, -0.2) is 15.0 Å². The minimum Gasteiger partial charge on any atom is -0.355 e. The minimum atomic E-state index is 0.0144. The van der Waals surface area contributed by atoms with E-state index in [0.29, 0.717) is 6.54 Å². The van der Waals surface area contributed by atoms with E-state index in [1.807, 2.05) is 0 Å². The summed E-state index contributed by atoms with van der Waals surface area (Å²) in [7, 11) is 0. The third-order valence-corrected chi connectivity index (χ3v) is 7.14. The zero-order valence-corrected chi connectivity index (χ0v) is 18.6. The summed E-state index contributed by atoms with van der Waals surface area (Å²) in [5.74, 6) is 2.24. The Hall–Kier alpha value is -2.22. The van der Waals surface area contributed by atoms with Crippen LogP contribution in [0.3, 0.4) is 0 Å². The second kappa shape index (κ2) is 9.51. The zero-order chi connectivity index (χ0) is 21.0. The summed E-state index contributed by atoms with van der Waals surface area (Å²) in [6.07, 6.45) is 12.2. The molecule has 0 bridgehead atoms. The van der Waals surface area contributed by atoms with Crippen LogP contribution in [-0.4, -0.2) is 69.6 Å². The molecule has 0 saturated carbocycles. The Balaban J connectivity index is 1.25. The number of carbonyl (C=O) groups excluding carboxylic acids is 1. The highest BCUT2D eigenvalue weighted by atomic mass is 16.1. The van der Waals surface area contributed by atoms with Gasteiger partial charge in [-0.2, -0.15) is 0 Å². The molecule has 2 aromatic rings. The third-order valence-electron chi connectivity index (χ3n) is 7.14. The smallest absolute Gasteiger partial charge is 0.224 e. The van der Waals surface area contributed by atoms with E-state index in [1.54, 1.807) is 6.33 Å². The van der Waals surface area contributed by atoms with Crippen LogP contribution >= 0.6 is 0 Å². The van der Waals surface area contributed by atoms with E-state index in [2.05, 4.69) is 29.7 Å². The second-order valence-electron chi connectivity index (χ2n) is 9.34. The molecule has 3 aliphatic heterocycles. The van der Waals surface area contributed by atoms with Crippen LogP contribution in [0.1, 0.15) is 57.2 Å². The predicted molar refractivity (Wildman–Crippen MR) is 121 cm³/mol. The molecule has 8 heteroatoms. The summed E-state index contributed by atoms with van der Waals surface area (Å²) in [5, 5.41) is 3.20. The number of aromatic nitrogens is 4. The lowest BCUT2D eigenvalue weighted by Gasteiger charge is -2.33. The quantitative estimate of drug-likeness (QED) is 0.792. The lowest BCUT2D eigenvalue weighted by atomic mass is 9.97. The van der Waals surface area contributed by atoms with Crippen molar-refractivity contribution in [3.63, 3.8) is 0 Å². The topological polar surface area (TPSA) is 79.2 Å². The van der Waals surface area contributed by atoms with E-state index in [0.717, 1.165) is 68.2 Å². The van der Waals surface area contributed by atoms with Gasteiger partial charge in [0.2, 0.25) is 5.91 Å². The number of hydrogen-bond acceptors (Lipinski definition) is 6. The van der Waals surface area contributed by atoms with Gasteiger partial charge < -0.3 is 19.7 Å². The number of anilines is 1. The van der Waals surface area contributed by atoms with Gasteiger partial charge in [0.25, 0.3) is 0 Å². The zero-order valence-electron chi connectivity index (χ0n) is 18.6. The lowest BCUT2D eigenvalue weighted by Crippen LogP contribution is -2.45. The van der Waals surface area contributed by atoms with Crippen LogP contribution in [0.2, 0.25) is 0 Å². The van der Waals surface area contributed by atoms with Gasteiger partial charge in [-0.05, 0) is 51.6 Å². The van der Waals surface area contributed by atoms with E-state index < -0.39 is 0 Å². The summed E-state index contributed by atoms with van der Waals surface area (Å²) >= 11 is 0. The number of piperidine rings is 2. The average molecular weight is 426 g/mol. The average Bonchev–Trinajstić information content (AvgIpc) is 3.00. The Morgan fingerprint density at radius 2 is 1.84 bits per heavy atom. The fourth-order valence-corrected chi connectivity index (χ4v) is 5.40. The molecule has 5 rings (SSSR count). The van der Waals surface area contributed by atoms with Crippen molar-refractivity contribution < 1.29 is 4.79 Å². The number of carbonyl (C=O) groups is 1. The molecule has 1 amide bonds. The van der Waals surface area contributed by atoms with E-state index in [4.69, 9.17) is 4.98 Å². The van der Waals surface area contributed by atoms with Crippen molar-refractivity contribution in [3.8, 4) is 0 Å². The van der Waals surface area contributed by atoms with Gasteiger partial charge in [0, 0.05) is 39.1 Å². The van der Waals surface area contributed by atoms with E-state index in [1.165, 1.54) is 51.6 Å². The first-order chi connectivity index (χ1) is 15.3. The minimum absolute atomic E-state index is 0.0144. The highest BCUT2D eigenvalue weighted by Gasteiger charge is 2.29. The molecule has 3 aliphatic rings. The molecule has 0 aliphatic carbocycles. The number of imidazole rings is 1. The number of likely N-dealkylation sites (tertiary alicyclic amines) is 1. The summed E-state index contributed by atoms with van der Waals surface area (Å²) in [6.45, 7) is 6.69. The molecule has 0 unspecified atom stereocenters. The number of rotatable bonds is 5. The normalized spacial score (nSPS) is 22.8. The number of nitrogens with one attached hydrogen (secondary N) is 1. The van der Waals surface area contributed by atoms with Gasteiger partial charge in [-0.1, -0.05) is 12.8 Å². The van der Waals surface area contributed by atoms with Crippen molar-refractivity contribution in [2.45, 2.75) is 64.3 Å². The van der Waals surface area contributed by atoms with Crippen LogP contribution in [0.15, 0.2) is 6.33 Å². The molecule has 1 N–H and O–H groups in total. The van der Waals surface area contributed by atoms with Crippen molar-refractivity contribution >= 4 is 22.9 Å². The molecule has 168 valence electrons. The van der Waals surface area contributed by atoms with Crippen LogP contribution in [0.25, 0.3) is 11.2 Å². The number of amides is 1. The molecule has 5 heterocycles. The highest BCUT2D eigenvalue weighted by Crippen LogP contribution is 2.29. The first-order valence-corrected chi connectivity index (χ1v) is 12.2. The maximum absolute atomic E-state index is 12.9. The number of hydrogen-bond donors (Lipinski definition) is 1. The Kier molecular flexibility index (Phi) is 6.34. The van der Waals surface area contributed by atoms with Gasteiger partial charge in [-0.15, -0.1) is 0 Å². The van der Waals surface area contributed by atoms with Crippen LogP contribution in [0.4, 0.5) is 5.82 Å². The molecule has 2 aromatic heterocycles. The molecule has 0 radical (unpaired) electrons. The van der Waals surface area contributed by atoms with Crippen molar-refractivity contribution in [2.24, 2.45) is 5.92 Å². The summed E-state index contributed by atoms with van der Waals surface area (Å²) in [6, 6.07) is 0. The van der Waals surface area contributed by atoms with Crippen molar-refractivity contribution in [3.05, 3.63) is 12.2 Å². The largest absolute Gasteiger partial charge is 0.355 e. The van der Waals surface area contributed by atoms with Crippen molar-refractivity contribution in [1.29, 1.82) is 0 Å². The van der Waals surface area contributed by atoms with Gasteiger partial charge in [0.15, 0.2) is 17.0 Å². The molecule has 2 fully saturated rings. The van der Waals surface area contributed by atoms with Crippen molar-refractivity contribution in [2.75, 3.05) is 44.2 Å². The molecular weight excluding hydrogens is 390 g/mol. The maximum atomic E-state index is 12.9. The summed E-state index contributed by atoms with van der Waals surface area (Å²) in [4.78, 5) is 31.7. The highest BCUT2D eigenvalue weighted by molar-refractivity contribution is 5.85. The number of aryl methyl sites for hydroxylation is 2. The van der Waals surface area contributed by atoms with Crippen molar-refractivity contribution in [1.82, 2.24) is 29.7 Å². The fraction of sp³-hybridized carbons (Fsp3) is 0.739. The number of fused-ring (bicyclic) bond motifs is 3. The number of nitrogens with zero attached hydrogens (tertiary/aromatic N) is 6. The van der Waals surface area contributed by atoms with E-state index in [9.17, 15) is 4.79 Å². The lowest BCUT2D eigenvalue weighted by molar-refractivity contribution is -0.125. The predicted octanol–water partition coefficient (Wildman–Crippen LogP) is 2.37. The molecule has 31 heavy (non-hydrogen) atoms. The van der Waals surface area contributed by atoms with Gasteiger partial charge in [0.1, 0.15) is 12.2 Å². The van der Waals surface area contributed by atoms with Crippen LogP contribution in [0, 0.1) is 5.92 Å². The Morgan fingerprint density at radius 1 is 1.00 bits per heavy atom. The Morgan fingerprint density at radius 3 is 2.74 bits per heavy atom. The third kappa shape index (κ3) is 4.54. The molecule has 0 aromatic carbocycles. The Bertz CT molecular complexity index is 905. The first kappa shape index (κ1) is 20.7. The van der Waals surface area contributed by atoms with Crippen LogP contribution in [0.5, 0.6) is 0 Å². The molecule has 8 nitrogen and oxygen atoms in total. The monoisotopic (exact) mass is 425 g/mol. The first-order valence-electron chi connectivity index (χ1n) is 12.2. The van der Waals surface area contributed by atoms with E-state index >= 15 is 0 Å². The molecule has 2 saturated heterocycles. The second-order valence-corrected chi connectivity index (χ2v) is 9.34. The SMILES string of the molecule is O=C(NCCN1CCCCC1)[C@H]1CCCN(c2ncnc3c2nc2n3CCCCC2)C1. The maximum Gasteiger partial charge on any atom is 0.224 e. The van der Waals surface area contributed by atoms with Gasteiger partial charge >= 0.3 is 0 Å². The van der Waals surface area contributed by atoms with Crippen LogP contribution < -0.4 is 10.2 Å². The fourth-order valence-electron chi connectivity index (χ4n) is 5.40. The standard InChI is InChI=1S/C23H35N7O/c31-23(24-10-15-28-11-4-2-5-12-28)18-8-7-13-29(16-18)21-20-22(26-17-25-21)30-14-6-1-3-9-19(30)27-20/h17-18H,1-16H2,(H,24,31)/t18-/m0/s1. The molecule has 1 atom stereocenters. The molecular formula is C23H35N7O. The van der Waals surface area contributed by atoms with Crippen LogP contribution in [-0.2, 0) is 17.8 Å². The van der Waals surface area contributed by atoms with Gasteiger partial charge in [0.05, 0.1) is 5.92 Å². The Labute approximate surface area is 184 Å². The summed E-state index contributed by atoms with van der Waals surface area (Å²) < 4.78 is 2.28.